The quantitative estimate of drug-likeness (QED) is 0.603. The maximum atomic E-state index is 13.1. The molecule has 1 fully saturated rings. The van der Waals surface area contributed by atoms with Crippen LogP contribution in [-0.2, 0) is 4.74 Å². The lowest BCUT2D eigenvalue weighted by molar-refractivity contribution is 0.0374. The lowest BCUT2D eigenvalue weighted by Gasteiger charge is -2.26. The molecule has 1 N–H and O–H groups in total. The van der Waals surface area contributed by atoms with E-state index >= 15 is 0 Å². The third-order valence-electron chi connectivity index (χ3n) is 4.97. The lowest BCUT2D eigenvalue weighted by atomic mass is 10.1. The molecule has 0 atom stereocenters. The van der Waals surface area contributed by atoms with E-state index in [9.17, 15) is 9.18 Å². The van der Waals surface area contributed by atoms with E-state index < -0.39 is 0 Å². The van der Waals surface area contributed by atoms with Gasteiger partial charge in [0.25, 0.3) is 11.8 Å². The zero-order chi connectivity index (χ0) is 20.8. The van der Waals surface area contributed by atoms with Gasteiger partial charge in [-0.25, -0.2) is 4.39 Å². The number of nitrogens with zero attached hydrogens (tertiary/aromatic N) is 3. The Balaban J connectivity index is 1.41. The van der Waals surface area contributed by atoms with Crippen LogP contribution >= 0.6 is 0 Å². The van der Waals surface area contributed by atoms with Gasteiger partial charge in [-0.2, -0.15) is 4.98 Å². The van der Waals surface area contributed by atoms with Crippen molar-refractivity contribution >= 4 is 5.91 Å². The van der Waals surface area contributed by atoms with Gasteiger partial charge in [0.2, 0.25) is 5.82 Å². The standard InChI is InChI=1S/C22H23FN4O3/c23-17-8-6-16(7-9-17)20-25-22(30-26-20)19-5-2-1-4-18(19)21(28)24-10-3-11-27-12-14-29-15-13-27/h1-2,4-9H,3,10-15H2,(H,24,28). The first-order valence-electron chi connectivity index (χ1n) is 9.98. The van der Waals surface area contributed by atoms with E-state index in [2.05, 4.69) is 20.4 Å². The van der Waals surface area contributed by atoms with E-state index in [-0.39, 0.29) is 17.6 Å². The van der Waals surface area contributed by atoms with Crippen molar-refractivity contribution in [1.29, 1.82) is 0 Å². The summed E-state index contributed by atoms with van der Waals surface area (Å²) in [7, 11) is 0. The van der Waals surface area contributed by atoms with E-state index in [1.807, 2.05) is 6.07 Å². The first kappa shape index (κ1) is 20.2. The highest BCUT2D eigenvalue weighted by molar-refractivity contribution is 6.00. The Kier molecular flexibility index (Phi) is 6.46. The normalized spacial score (nSPS) is 14.6. The van der Waals surface area contributed by atoms with E-state index in [1.54, 1.807) is 30.3 Å². The second-order valence-electron chi connectivity index (χ2n) is 7.04. The minimum Gasteiger partial charge on any atom is -0.379 e. The lowest BCUT2D eigenvalue weighted by Crippen LogP contribution is -2.38. The van der Waals surface area contributed by atoms with Gasteiger partial charge in [0.05, 0.1) is 24.3 Å². The number of rotatable bonds is 7. The zero-order valence-electron chi connectivity index (χ0n) is 16.5. The molecule has 0 unspecified atom stereocenters. The Morgan fingerprint density at radius 3 is 2.67 bits per heavy atom. The van der Waals surface area contributed by atoms with Crippen molar-refractivity contribution in [2.45, 2.75) is 6.42 Å². The van der Waals surface area contributed by atoms with Gasteiger partial charge in [0, 0.05) is 25.2 Å². The average Bonchev–Trinajstić information content (AvgIpc) is 3.28. The Hall–Kier alpha value is -3.10. The maximum Gasteiger partial charge on any atom is 0.259 e. The highest BCUT2D eigenvalue weighted by Gasteiger charge is 2.18. The van der Waals surface area contributed by atoms with Crippen molar-refractivity contribution < 1.29 is 18.4 Å². The molecule has 0 aliphatic carbocycles. The molecule has 1 aliphatic heterocycles. The number of carbonyl (C=O) groups excluding carboxylic acids is 1. The first-order chi connectivity index (χ1) is 14.7. The van der Waals surface area contributed by atoms with E-state index in [1.165, 1.54) is 12.1 Å². The van der Waals surface area contributed by atoms with Gasteiger partial charge < -0.3 is 14.6 Å². The number of hydrogen-bond acceptors (Lipinski definition) is 6. The predicted molar refractivity (Wildman–Crippen MR) is 109 cm³/mol. The third kappa shape index (κ3) is 4.90. The van der Waals surface area contributed by atoms with Crippen LogP contribution in [0.3, 0.4) is 0 Å². The van der Waals surface area contributed by atoms with Crippen LogP contribution in [-0.4, -0.2) is 60.3 Å². The van der Waals surface area contributed by atoms with Crippen molar-refractivity contribution in [3.63, 3.8) is 0 Å². The molecule has 8 heteroatoms. The zero-order valence-corrected chi connectivity index (χ0v) is 16.5. The Bertz CT molecular complexity index is 984. The summed E-state index contributed by atoms with van der Waals surface area (Å²) >= 11 is 0. The second kappa shape index (κ2) is 9.60. The van der Waals surface area contributed by atoms with Crippen LogP contribution < -0.4 is 5.32 Å². The largest absolute Gasteiger partial charge is 0.379 e. The van der Waals surface area contributed by atoms with Crippen LogP contribution in [0.4, 0.5) is 4.39 Å². The molecule has 2 aromatic carbocycles. The summed E-state index contributed by atoms with van der Waals surface area (Å²) < 4.78 is 23.9. The smallest absolute Gasteiger partial charge is 0.259 e. The van der Waals surface area contributed by atoms with Gasteiger partial charge in [0.15, 0.2) is 0 Å². The van der Waals surface area contributed by atoms with Crippen LogP contribution in [0.15, 0.2) is 53.1 Å². The van der Waals surface area contributed by atoms with Crippen LogP contribution in [0.1, 0.15) is 16.8 Å². The number of hydrogen-bond donors (Lipinski definition) is 1. The molecule has 0 saturated carbocycles. The summed E-state index contributed by atoms with van der Waals surface area (Å²) in [4.78, 5) is 19.4. The fourth-order valence-electron chi connectivity index (χ4n) is 3.34. The van der Waals surface area contributed by atoms with Crippen molar-refractivity contribution in [3.05, 3.63) is 59.9 Å². The van der Waals surface area contributed by atoms with Crippen molar-refractivity contribution in [3.8, 4) is 22.8 Å². The van der Waals surface area contributed by atoms with Gasteiger partial charge in [-0.15, -0.1) is 0 Å². The molecular formula is C22H23FN4O3. The van der Waals surface area contributed by atoms with Gasteiger partial charge >= 0.3 is 0 Å². The van der Waals surface area contributed by atoms with Crippen molar-refractivity contribution in [2.24, 2.45) is 0 Å². The number of halogens is 1. The average molecular weight is 410 g/mol. The van der Waals surface area contributed by atoms with Gasteiger partial charge in [-0.3, -0.25) is 9.69 Å². The predicted octanol–water partition coefficient (Wildman–Crippen LogP) is 2.99. The molecule has 1 saturated heterocycles. The molecular weight excluding hydrogens is 387 g/mol. The van der Waals surface area contributed by atoms with E-state index in [0.717, 1.165) is 39.3 Å². The molecule has 0 radical (unpaired) electrons. The SMILES string of the molecule is O=C(NCCCN1CCOCC1)c1ccccc1-c1nc(-c2ccc(F)cc2)no1. The number of amides is 1. The molecule has 156 valence electrons. The minimum absolute atomic E-state index is 0.186. The number of benzene rings is 2. The highest BCUT2D eigenvalue weighted by Crippen LogP contribution is 2.25. The minimum atomic E-state index is -0.335. The maximum absolute atomic E-state index is 13.1. The summed E-state index contributed by atoms with van der Waals surface area (Å²) in [5.41, 5.74) is 1.67. The van der Waals surface area contributed by atoms with E-state index in [0.29, 0.717) is 29.1 Å². The van der Waals surface area contributed by atoms with Crippen LogP contribution in [0.25, 0.3) is 22.8 Å². The fourth-order valence-corrected chi connectivity index (χ4v) is 3.34. The molecule has 1 aromatic heterocycles. The summed E-state index contributed by atoms with van der Waals surface area (Å²) in [5, 5.41) is 6.93. The molecule has 2 heterocycles. The number of aromatic nitrogens is 2. The van der Waals surface area contributed by atoms with Crippen LogP contribution in [0, 0.1) is 5.82 Å². The molecule has 4 rings (SSSR count). The summed E-state index contributed by atoms with van der Waals surface area (Å²) in [6, 6.07) is 12.9. The molecule has 30 heavy (non-hydrogen) atoms. The number of morpholine rings is 1. The van der Waals surface area contributed by atoms with Crippen molar-refractivity contribution in [2.75, 3.05) is 39.4 Å². The van der Waals surface area contributed by atoms with Gasteiger partial charge in [-0.05, 0) is 49.4 Å². The summed E-state index contributed by atoms with van der Waals surface area (Å²) in [5.74, 6) is 0.0614. The second-order valence-corrected chi connectivity index (χ2v) is 7.04. The number of nitrogens with one attached hydrogen (secondary N) is 1. The summed E-state index contributed by atoms with van der Waals surface area (Å²) in [6.45, 7) is 4.91. The molecule has 1 amide bonds. The van der Waals surface area contributed by atoms with Crippen LogP contribution in [0.5, 0.6) is 0 Å². The number of carbonyl (C=O) groups is 1. The van der Waals surface area contributed by atoms with E-state index in [4.69, 9.17) is 9.26 Å². The van der Waals surface area contributed by atoms with Crippen molar-refractivity contribution in [1.82, 2.24) is 20.4 Å². The molecule has 1 aliphatic rings. The van der Waals surface area contributed by atoms with Gasteiger partial charge in [-0.1, -0.05) is 17.3 Å². The Morgan fingerprint density at radius 2 is 1.87 bits per heavy atom. The summed E-state index contributed by atoms with van der Waals surface area (Å²) in [6.07, 6.45) is 0.864. The number of ether oxygens (including phenoxy) is 1. The Labute approximate surface area is 173 Å². The monoisotopic (exact) mass is 410 g/mol. The fraction of sp³-hybridized carbons (Fsp3) is 0.318. The molecule has 0 bridgehead atoms. The van der Waals surface area contributed by atoms with Crippen LogP contribution in [0.2, 0.25) is 0 Å². The molecule has 7 nitrogen and oxygen atoms in total. The first-order valence-corrected chi connectivity index (χ1v) is 9.98. The highest BCUT2D eigenvalue weighted by atomic mass is 19.1. The third-order valence-corrected chi connectivity index (χ3v) is 4.97. The Morgan fingerprint density at radius 1 is 1.10 bits per heavy atom. The molecule has 0 spiro atoms. The molecule has 3 aromatic rings. The van der Waals surface area contributed by atoms with Gasteiger partial charge in [0.1, 0.15) is 5.82 Å². The topological polar surface area (TPSA) is 80.5 Å².